The predicted octanol–water partition coefficient (Wildman–Crippen LogP) is 3.30. The van der Waals surface area contributed by atoms with Crippen LogP contribution in [0.1, 0.15) is 5.56 Å². The van der Waals surface area contributed by atoms with Crippen LogP contribution in [-0.4, -0.2) is 41.7 Å². The lowest BCUT2D eigenvalue weighted by molar-refractivity contribution is -0.139. The normalized spacial score (nSPS) is 15.1. The van der Waals surface area contributed by atoms with Crippen LogP contribution < -0.4 is 19.7 Å². The number of aliphatic carboxylic acids is 1. The molecule has 0 aromatic heterocycles. The number of hydrogen-bond donors (Lipinski definition) is 2. The number of anilines is 1. The van der Waals surface area contributed by atoms with Gasteiger partial charge in [0, 0.05) is 0 Å². The van der Waals surface area contributed by atoms with Crippen LogP contribution in [0.4, 0.5) is 5.69 Å². The summed E-state index contributed by atoms with van der Waals surface area (Å²) in [5.41, 5.74) is 0.457. The van der Waals surface area contributed by atoms with E-state index < -0.39 is 24.4 Å². The molecule has 2 aromatic carbocycles. The molecule has 1 aliphatic rings. The highest BCUT2D eigenvalue weighted by Crippen LogP contribution is 2.35. The number of nitrogens with one attached hydrogen (secondary N) is 1. The Balaban J connectivity index is 1.98. The molecule has 1 heterocycles. The van der Waals surface area contributed by atoms with Crippen molar-refractivity contribution in [2.24, 2.45) is 0 Å². The number of hydrogen-bond acceptors (Lipinski definition) is 6. The highest BCUT2D eigenvalue weighted by molar-refractivity contribution is 7.80. The second kappa shape index (κ2) is 9.34. The SMILES string of the molecule is COc1cc(C=C2C(=O)NC(=S)N(c3cccc(Cl)c3Cl)C2=O)ccc1OCC(=O)O. The van der Waals surface area contributed by atoms with Gasteiger partial charge in [0.2, 0.25) is 0 Å². The second-order valence-corrected chi connectivity index (χ2v) is 7.30. The van der Waals surface area contributed by atoms with E-state index in [0.29, 0.717) is 5.56 Å². The Labute approximate surface area is 191 Å². The molecule has 31 heavy (non-hydrogen) atoms. The zero-order valence-electron chi connectivity index (χ0n) is 15.8. The maximum atomic E-state index is 13.1. The monoisotopic (exact) mass is 480 g/mol. The van der Waals surface area contributed by atoms with Gasteiger partial charge in [-0.2, -0.15) is 0 Å². The Morgan fingerprint density at radius 2 is 1.97 bits per heavy atom. The molecule has 0 aliphatic carbocycles. The topological polar surface area (TPSA) is 105 Å². The Bertz CT molecular complexity index is 1130. The molecule has 1 aliphatic heterocycles. The minimum Gasteiger partial charge on any atom is -0.493 e. The molecular formula is C20H14Cl2N2O6S. The lowest BCUT2D eigenvalue weighted by atomic mass is 10.1. The van der Waals surface area contributed by atoms with Crippen molar-refractivity contribution in [1.82, 2.24) is 5.32 Å². The molecule has 0 spiro atoms. The number of ether oxygens (including phenoxy) is 2. The number of carbonyl (C=O) groups is 3. The van der Waals surface area contributed by atoms with Gasteiger partial charge >= 0.3 is 5.97 Å². The first-order valence-corrected chi connectivity index (χ1v) is 9.77. The fourth-order valence-electron chi connectivity index (χ4n) is 2.74. The molecule has 160 valence electrons. The van der Waals surface area contributed by atoms with E-state index in [4.69, 9.17) is 50.0 Å². The molecule has 0 radical (unpaired) electrons. The van der Waals surface area contributed by atoms with E-state index in [-0.39, 0.29) is 37.9 Å². The van der Waals surface area contributed by atoms with Crippen molar-refractivity contribution in [3.05, 3.63) is 57.6 Å². The molecule has 11 heteroatoms. The molecule has 0 atom stereocenters. The summed E-state index contributed by atoms with van der Waals surface area (Å²) in [6.45, 7) is -0.551. The van der Waals surface area contributed by atoms with Crippen molar-refractivity contribution >= 4 is 70.1 Å². The molecule has 1 saturated heterocycles. The number of rotatable bonds is 6. The first-order valence-electron chi connectivity index (χ1n) is 8.61. The fraction of sp³-hybridized carbons (Fsp3) is 0.100. The van der Waals surface area contributed by atoms with Crippen LogP contribution in [0.15, 0.2) is 42.0 Å². The molecule has 0 bridgehead atoms. The maximum Gasteiger partial charge on any atom is 0.341 e. The summed E-state index contributed by atoms with van der Waals surface area (Å²) in [6, 6.07) is 9.20. The molecule has 3 rings (SSSR count). The van der Waals surface area contributed by atoms with E-state index in [1.54, 1.807) is 18.2 Å². The summed E-state index contributed by atoms with van der Waals surface area (Å²) in [5, 5.41) is 11.4. The molecule has 2 amide bonds. The third-order valence-electron chi connectivity index (χ3n) is 4.12. The van der Waals surface area contributed by atoms with Crippen LogP contribution in [0.25, 0.3) is 6.08 Å². The van der Waals surface area contributed by atoms with E-state index in [9.17, 15) is 14.4 Å². The molecule has 0 unspecified atom stereocenters. The van der Waals surface area contributed by atoms with Gasteiger partial charge in [-0.25, -0.2) is 4.79 Å². The third-order valence-corrected chi connectivity index (χ3v) is 5.22. The van der Waals surface area contributed by atoms with Crippen molar-refractivity contribution in [2.45, 2.75) is 0 Å². The van der Waals surface area contributed by atoms with Crippen LogP contribution >= 0.6 is 35.4 Å². The number of halogens is 2. The lowest BCUT2D eigenvalue weighted by Crippen LogP contribution is -2.54. The van der Waals surface area contributed by atoms with Gasteiger partial charge in [-0.15, -0.1) is 0 Å². The number of thiocarbonyl (C=S) groups is 1. The van der Waals surface area contributed by atoms with E-state index >= 15 is 0 Å². The maximum absolute atomic E-state index is 13.1. The first-order chi connectivity index (χ1) is 14.7. The zero-order valence-corrected chi connectivity index (χ0v) is 18.2. The number of carbonyl (C=O) groups excluding carboxylic acids is 2. The fourth-order valence-corrected chi connectivity index (χ4v) is 3.39. The standard InChI is InChI=1S/C20H14Cl2N2O6S/c1-29-15-8-10(5-6-14(15)30-9-16(25)26)7-11-18(27)23-20(31)24(19(11)28)13-4-2-3-12(21)17(13)22/h2-8H,9H2,1H3,(H,25,26)(H,23,27,31). The van der Waals surface area contributed by atoms with Gasteiger partial charge in [-0.1, -0.05) is 35.3 Å². The lowest BCUT2D eigenvalue weighted by Gasteiger charge is -2.29. The molecule has 2 aromatic rings. The van der Waals surface area contributed by atoms with Crippen LogP contribution in [0.5, 0.6) is 11.5 Å². The van der Waals surface area contributed by atoms with Crippen molar-refractivity contribution in [2.75, 3.05) is 18.6 Å². The number of carboxylic acid groups (broad SMARTS) is 1. The van der Waals surface area contributed by atoms with Gasteiger partial charge in [0.05, 0.1) is 22.8 Å². The van der Waals surface area contributed by atoms with Crippen LogP contribution in [0.2, 0.25) is 10.0 Å². The average molecular weight is 481 g/mol. The molecule has 0 saturated carbocycles. The molecule has 8 nitrogen and oxygen atoms in total. The number of nitrogens with zero attached hydrogens (tertiary/aromatic N) is 1. The summed E-state index contributed by atoms with van der Waals surface area (Å²) in [4.78, 5) is 37.3. The first kappa shape index (κ1) is 22.5. The Morgan fingerprint density at radius 3 is 2.65 bits per heavy atom. The Morgan fingerprint density at radius 1 is 1.23 bits per heavy atom. The van der Waals surface area contributed by atoms with Gasteiger partial charge < -0.3 is 14.6 Å². The number of benzene rings is 2. The van der Waals surface area contributed by atoms with Gasteiger partial charge in [-0.05, 0) is 48.1 Å². The van der Waals surface area contributed by atoms with Gasteiger partial charge in [0.1, 0.15) is 5.57 Å². The Hall–Kier alpha value is -3.14. The van der Waals surface area contributed by atoms with E-state index in [0.717, 1.165) is 4.90 Å². The van der Waals surface area contributed by atoms with E-state index in [2.05, 4.69) is 5.32 Å². The van der Waals surface area contributed by atoms with Gasteiger partial charge in [0.25, 0.3) is 11.8 Å². The average Bonchev–Trinajstić information content (AvgIpc) is 2.72. The van der Waals surface area contributed by atoms with Gasteiger partial charge in [0.15, 0.2) is 23.2 Å². The van der Waals surface area contributed by atoms with Crippen LogP contribution in [0.3, 0.4) is 0 Å². The van der Waals surface area contributed by atoms with Crippen molar-refractivity contribution in [3.8, 4) is 11.5 Å². The van der Waals surface area contributed by atoms with Crippen molar-refractivity contribution in [3.63, 3.8) is 0 Å². The smallest absolute Gasteiger partial charge is 0.341 e. The predicted molar refractivity (Wildman–Crippen MR) is 119 cm³/mol. The van der Waals surface area contributed by atoms with Crippen LogP contribution in [-0.2, 0) is 14.4 Å². The molecular weight excluding hydrogens is 467 g/mol. The van der Waals surface area contributed by atoms with Crippen molar-refractivity contribution in [1.29, 1.82) is 0 Å². The molecule has 2 N–H and O–H groups in total. The summed E-state index contributed by atoms with van der Waals surface area (Å²) in [5.74, 6) is -2.10. The second-order valence-electron chi connectivity index (χ2n) is 6.12. The summed E-state index contributed by atoms with van der Waals surface area (Å²) in [6.07, 6.45) is 1.34. The number of carboxylic acids is 1. The third kappa shape index (κ3) is 4.79. The highest BCUT2D eigenvalue weighted by Gasteiger charge is 2.35. The number of amides is 2. The summed E-state index contributed by atoms with van der Waals surface area (Å²) < 4.78 is 10.3. The minimum absolute atomic E-state index is 0.108. The quantitative estimate of drug-likeness (QED) is 0.371. The molecule has 1 fully saturated rings. The highest BCUT2D eigenvalue weighted by atomic mass is 35.5. The largest absolute Gasteiger partial charge is 0.493 e. The Kier molecular flexibility index (Phi) is 6.79. The summed E-state index contributed by atoms with van der Waals surface area (Å²) in [7, 11) is 1.37. The number of methoxy groups -OCH3 is 1. The van der Waals surface area contributed by atoms with Gasteiger partial charge in [-0.3, -0.25) is 19.8 Å². The van der Waals surface area contributed by atoms with E-state index in [1.807, 2.05) is 0 Å². The van der Waals surface area contributed by atoms with Crippen molar-refractivity contribution < 1.29 is 29.0 Å². The van der Waals surface area contributed by atoms with Crippen LogP contribution in [0, 0.1) is 0 Å². The van der Waals surface area contributed by atoms with E-state index in [1.165, 1.54) is 31.4 Å². The zero-order chi connectivity index (χ0) is 22.7. The minimum atomic E-state index is -1.14. The summed E-state index contributed by atoms with van der Waals surface area (Å²) >= 11 is 17.4.